The van der Waals surface area contributed by atoms with Gasteiger partial charge in [0.25, 0.3) is 5.91 Å². The van der Waals surface area contributed by atoms with Crippen LogP contribution in [-0.2, 0) is 4.79 Å². The Balaban J connectivity index is 2.14. The van der Waals surface area contributed by atoms with Crippen LogP contribution in [0.2, 0.25) is 0 Å². The van der Waals surface area contributed by atoms with Gasteiger partial charge in [0.1, 0.15) is 5.75 Å². The fraction of sp³-hybridized carbons (Fsp3) is 0.429. The molecular formula is C14H12F5NO4. The van der Waals surface area contributed by atoms with Gasteiger partial charge in [0.05, 0.1) is 11.8 Å². The van der Waals surface area contributed by atoms with Crippen LogP contribution in [0.5, 0.6) is 5.75 Å². The predicted octanol–water partition coefficient (Wildman–Crippen LogP) is 2.62. The minimum absolute atomic E-state index is 0.0522. The van der Waals surface area contributed by atoms with Gasteiger partial charge in [-0.25, -0.2) is 0 Å². The zero-order valence-electron chi connectivity index (χ0n) is 12.0. The fourth-order valence-electron chi connectivity index (χ4n) is 2.51. The van der Waals surface area contributed by atoms with E-state index in [-0.39, 0.29) is 11.3 Å². The Bertz CT molecular complexity index is 617. The van der Waals surface area contributed by atoms with Crippen LogP contribution in [0.1, 0.15) is 10.4 Å². The summed E-state index contributed by atoms with van der Waals surface area (Å²) < 4.78 is 66.9. The van der Waals surface area contributed by atoms with E-state index in [1.54, 1.807) is 0 Å². The number of likely N-dealkylation sites (tertiary alicyclic amines) is 1. The second-order valence-corrected chi connectivity index (χ2v) is 5.21. The third-order valence-corrected chi connectivity index (χ3v) is 3.67. The molecule has 1 aliphatic rings. The first-order valence-electron chi connectivity index (χ1n) is 6.73. The molecule has 1 aromatic carbocycles. The number of nitrogens with zero attached hydrogens (tertiary/aromatic N) is 1. The van der Waals surface area contributed by atoms with E-state index in [0.717, 1.165) is 29.2 Å². The van der Waals surface area contributed by atoms with Crippen molar-refractivity contribution in [1.82, 2.24) is 4.90 Å². The van der Waals surface area contributed by atoms with E-state index in [9.17, 15) is 31.5 Å². The van der Waals surface area contributed by atoms with Gasteiger partial charge in [0.2, 0.25) is 0 Å². The highest BCUT2D eigenvalue weighted by atomic mass is 19.4. The molecule has 0 aliphatic carbocycles. The molecule has 2 rings (SSSR count). The number of hydrogen-bond acceptors (Lipinski definition) is 3. The SMILES string of the molecule is O=C(O)[C@@H]1CN(C(=O)c2ccc(OC(F)F)cc2)C[C@H]1C(F)(F)F. The van der Waals surface area contributed by atoms with Crippen molar-refractivity contribution in [3.05, 3.63) is 29.8 Å². The Morgan fingerprint density at radius 3 is 2.17 bits per heavy atom. The molecule has 0 bridgehead atoms. The predicted molar refractivity (Wildman–Crippen MR) is 69.6 cm³/mol. The highest BCUT2D eigenvalue weighted by Gasteiger charge is 2.53. The third-order valence-electron chi connectivity index (χ3n) is 3.67. The first-order chi connectivity index (χ1) is 11.1. The molecule has 1 N–H and O–H groups in total. The molecule has 0 spiro atoms. The van der Waals surface area contributed by atoms with Gasteiger partial charge in [0, 0.05) is 18.7 Å². The monoisotopic (exact) mass is 353 g/mol. The molecule has 2 atom stereocenters. The van der Waals surface area contributed by atoms with E-state index in [4.69, 9.17) is 5.11 Å². The molecule has 1 fully saturated rings. The highest BCUT2D eigenvalue weighted by Crippen LogP contribution is 2.38. The maximum Gasteiger partial charge on any atom is 0.394 e. The molecule has 0 unspecified atom stereocenters. The minimum atomic E-state index is -4.74. The molecular weight excluding hydrogens is 341 g/mol. The minimum Gasteiger partial charge on any atom is -0.481 e. The third kappa shape index (κ3) is 3.92. The van der Waals surface area contributed by atoms with Crippen molar-refractivity contribution in [2.45, 2.75) is 12.8 Å². The molecule has 5 nitrogen and oxygen atoms in total. The van der Waals surface area contributed by atoms with Crippen molar-refractivity contribution >= 4 is 11.9 Å². The Morgan fingerprint density at radius 1 is 1.17 bits per heavy atom. The number of carbonyl (C=O) groups is 2. The Morgan fingerprint density at radius 2 is 1.75 bits per heavy atom. The molecule has 1 amide bonds. The average molecular weight is 353 g/mol. The van der Waals surface area contributed by atoms with Crippen LogP contribution in [0.3, 0.4) is 0 Å². The van der Waals surface area contributed by atoms with Gasteiger partial charge in [-0.1, -0.05) is 0 Å². The number of aliphatic carboxylic acids is 1. The second-order valence-electron chi connectivity index (χ2n) is 5.21. The van der Waals surface area contributed by atoms with E-state index >= 15 is 0 Å². The summed E-state index contributed by atoms with van der Waals surface area (Å²) in [6.07, 6.45) is -4.74. The number of carboxylic acids is 1. The van der Waals surface area contributed by atoms with Gasteiger partial charge in [-0.05, 0) is 24.3 Å². The van der Waals surface area contributed by atoms with Gasteiger partial charge in [-0.3, -0.25) is 9.59 Å². The van der Waals surface area contributed by atoms with Gasteiger partial charge in [0.15, 0.2) is 0 Å². The van der Waals surface area contributed by atoms with Gasteiger partial charge >= 0.3 is 18.8 Å². The summed E-state index contributed by atoms with van der Waals surface area (Å²) in [4.78, 5) is 24.0. The van der Waals surface area contributed by atoms with Crippen molar-refractivity contribution in [3.63, 3.8) is 0 Å². The number of benzene rings is 1. The maximum atomic E-state index is 12.9. The average Bonchev–Trinajstić information content (AvgIpc) is 2.92. The highest BCUT2D eigenvalue weighted by molar-refractivity contribution is 5.95. The van der Waals surface area contributed by atoms with Gasteiger partial charge in [-0.2, -0.15) is 22.0 Å². The standard InChI is InChI=1S/C14H12F5NO4/c15-13(16)24-8-3-1-7(2-4-8)11(21)20-5-9(12(22)23)10(6-20)14(17,18)19/h1-4,9-10,13H,5-6H2,(H,22,23)/t9-,10-/m1/s1. The molecule has 10 heteroatoms. The lowest BCUT2D eigenvalue weighted by Crippen LogP contribution is -2.34. The number of carboxylic acid groups (broad SMARTS) is 1. The molecule has 1 aromatic rings. The van der Waals surface area contributed by atoms with Crippen LogP contribution >= 0.6 is 0 Å². The van der Waals surface area contributed by atoms with Crippen LogP contribution in [0.4, 0.5) is 22.0 Å². The van der Waals surface area contributed by atoms with Crippen molar-refractivity contribution in [3.8, 4) is 5.75 Å². The van der Waals surface area contributed by atoms with E-state index in [0.29, 0.717) is 0 Å². The smallest absolute Gasteiger partial charge is 0.394 e. The van der Waals surface area contributed by atoms with Crippen molar-refractivity contribution < 1.29 is 41.4 Å². The first-order valence-corrected chi connectivity index (χ1v) is 6.73. The number of rotatable bonds is 4. The topological polar surface area (TPSA) is 66.8 Å². The molecule has 1 heterocycles. The lowest BCUT2D eigenvalue weighted by atomic mass is 9.96. The zero-order chi connectivity index (χ0) is 18.1. The molecule has 0 saturated carbocycles. The van der Waals surface area contributed by atoms with Crippen LogP contribution in [0.25, 0.3) is 0 Å². The maximum absolute atomic E-state index is 12.9. The van der Waals surface area contributed by atoms with Crippen LogP contribution in [0, 0.1) is 11.8 Å². The van der Waals surface area contributed by atoms with E-state index in [1.807, 2.05) is 0 Å². The number of ether oxygens (including phenoxy) is 1. The van der Waals surface area contributed by atoms with Gasteiger partial charge < -0.3 is 14.7 Å². The fourth-order valence-corrected chi connectivity index (χ4v) is 2.51. The summed E-state index contributed by atoms with van der Waals surface area (Å²) in [5, 5.41) is 8.91. The number of carbonyl (C=O) groups excluding carboxylic acids is 1. The molecule has 1 aliphatic heterocycles. The summed E-state index contributed by atoms with van der Waals surface area (Å²) in [5.41, 5.74) is -0.0522. The summed E-state index contributed by atoms with van der Waals surface area (Å²) >= 11 is 0. The second kappa shape index (κ2) is 6.62. The van der Waals surface area contributed by atoms with Crippen LogP contribution in [0.15, 0.2) is 24.3 Å². The Labute approximate surface area is 132 Å². The van der Waals surface area contributed by atoms with E-state index in [1.165, 1.54) is 0 Å². The lowest BCUT2D eigenvalue weighted by Gasteiger charge is -2.18. The normalized spacial score (nSPS) is 21.2. The molecule has 24 heavy (non-hydrogen) atoms. The van der Waals surface area contributed by atoms with E-state index < -0.39 is 49.6 Å². The quantitative estimate of drug-likeness (QED) is 0.845. The molecule has 0 radical (unpaired) electrons. The molecule has 132 valence electrons. The first kappa shape index (κ1) is 18.0. The van der Waals surface area contributed by atoms with Crippen molar-refractivity contribution in [2.75, 3.05) is 13.1 Å². The molecule has 1 saturated heterocycles. The number of amides is 1. The van der Waals surface area contributed by atoms with Crippen LogP contribution in [-0.4, -0.2) is 47.8 Å². The summed E-state index contributed by atoms with van der Waals surface area (Å²) in [6.45, 7) is -4.39. The molecule has 0 aromatic heterocycles. The number of hydrogen-bond donors (Lipinski definition) is 1. The Hall–Kier alpha value is -2.39. The van der Waals surface area contributed by atoms with Crippen LogP contribution < -0.4 is 4.74 Å². The zero-order valence-corrected chi connectivity index (χ0v) is 12.0. The lowest BCUT2D eigenvalue weighted by molar-refractivity contribution is -0.187. The Kier molecular flexibility index (Phi) is 4.95. The number of halogens is 5. The summed E-state index contributed by atoms with van der Waals surface area (Å²) in [5.74, 6) is -6.54. The van der Waals surface area contributed by atoms with Crippen molar-refractivity contribution in [1.29, 1.82) is 0 Å². The summed E-state index contributed by atoms with van der Waals surface area (Å²) in [6, 6.07) is 4.39. The summed E-state index contributed by atoms with van der Waals surface area (Å²) in [7, 11) is 0. The largest absolute Gasteiger partial charge is 0.481 e. The van der Waals surface area contributed by atoms with E-state index in [2.05, 4.69) is 4.74 Å². The number of alkyl halides is 5. The van der Waals surface area contributed by atoms with Crippen molar-refractivity contribution in [2.24, 2.45) is 11.8 Å². The van der Waals surface area contributed by atoms with Gasteiger partial charge in [-0.15, -0.1) is 0 Å².